The minimum atomic E-state index is -4.02. The molecule has 0 bridgehead atoms. The fourth-order valence-electron chi connectivity index (χ4n) is 2.81. The van der Waals surface area contributed by atoms with Gasteiger partial charge in [0.2, 0.25) is 10.0 Å². The van der Waals surface area contributed by atoms with Crippen LogP contribution in [0.2, 0.25) is 0 Å². The maximum absolute atomic E-state index is 12.4. The number of carbonyl (C=O) groups is 3. The topological polar surface area (TPSA) is 158 Å². The van der Waals surface area contributed by atoms with Crippen LogP contribution in [0.15, 0.2) is 47.4 Å². The standard InChI is InChI=1S/C21H23N3O9S/c1-13(24-34(28,29)16-6-4-15(30-2)5-7-16)20(26)33-12-19(25)23-21(27)22-14-3-8-17-18(11-14)32-10-9-31-17/h3-8,11,13,24H,9-10,12H2,1-2H3,(H2,22,23,25,27). The number of benzene rings is 2. The molecule has 1 aliphatic rings. The molecule has 12 nitrogen and oxygen atoms in total. The summed E-state index contributed by atoms with van der Waals surface area (Å²) >= 11 is 0. The Morgan fingerprint density at radius 3 is 2.38 bits per heavy atom. The molecule has 13 heteroatoms. The summed E-state index contributed by atoms with van der Waals surface area (Å²) < 4.78 is 47.5. The zero-order chi connectivity index (χ0) is 24.7. The molecule has 0 saturated heterocycles. The van der Waals surface area contributed by atoms with Gasteiger partial charge in [-0.15, -0.1) is 0 Å². The van der Waals surface area contributed by atoms with E-state index in [4.69, 9.17) is 18.9 Å². The number of nitrogens with one attached hydrogen (secondary N) is 3. The lowest BCUT2D eigenvalue weighted by molar-refractivity contribution is -0.149. The molecule has 182 valence electrons. The van der Waals surface area contributed by atoms with E-state index in [0.29, 0.717) is 36.1 Å². The summed E-state index contributed by atoms with van der Waals surface area (Å²) in [6, 6.07) is 8.11. The van der Waals surface area contributed by atoms with E-state index in [9.17, 15) is 22.8 Å². The average molecular weight is 493 g/mol. The first-order valence-corrected chi connectivity index (χ1v) is 11.5. The van der Waals surface area contributed by atoms with Gasteiger partial charge in [-0.25, -0.2) is 13.2 Å². The van der Waals surface area contributed by atoms with Crippen LogP contribution in [0.25, 0.3) is 0 Å². The molecule has 3 rings (SSSR count). The monoisotopic (exact) mass is 493 g/mol. The first-order chi connectivity index (χ1) is 16.2. The molecule has 3 N–H and O–H groups in total. The van der Waals surface area contributed by atoms with Crippen molar-refractivity contribution in [3.63, 3.8) is 0 Å². The van der Waals surface area contributed by atoms with E-state index in [1.165, 1.54) is 44.4 Å². The Labute approximate surface area is 195 Å². The maximum Gasteiger partial charge on any atom is 0.325 e. The third kappa shape index (κ3) is 6.59. The fraction of sp³-hybridized carbons (Fsp3) is 0.286. The summed E-state index contributed by atoms with van der Waals surface area (Å²) in [7, 11) is -2.58. The summed E-state index contributed by atoms with van der Waals surface area (Å²) in [6.45, 7) is 1.27. The largest absolute Gasteiger partial charge is 0.497 e. The van der Waals surface area contributed by atoms with Crippen molar-refractivity contribution in [2.24, 2.45) is 0 Å². The number of carbonyl (C=O) groups excluding carboxylic acids is 3. The molecule has 1 atom stereocenters. The lowest BCUT2D eigenvalue weighted by Gasteiger charge is -2.19. The second-order valence-corrected chi connectivity index (χ2v) is 8.70. The number of fused-ring (bicyclic) bond motifs is 1. The lowest BCUT2D eigenvalue weighted by Crippen LogP contribution is -2.42. The SMILES string of the molecule is COc1ccc(S(=O)(=O)NC(C)C(=O)OCC(=O)NC(=O)Nc2ccc3c(c2)OCCO3)cc1. The zero-order valence-corrected chi connectivity index (χ0v) is 19.1. The number of imide groups is 1. The number of esters is 1. The first kappa shape index (κ1) is 24.8. The summed E-state index contributed by atoms with van der Waals surface area (Å²) in [5.74, 6) is -0.448. The zero-order valence-electron chi connectivity index (χ0n) is 18.3. The second kappa shape index (κ2) is 10.9. The third-order valence-corrected chi connectivity index (χ3v) is 6.01. The fourth-order valence-corrected chi connectivity index (χ4v) is 4.00. The van der Waals surface area contributed by atoms with E-state index in [2.05, 4.69) is 10.0 Å². The Morgan fingerprint density at radius 1 is 1.03 bits per heavy atom. The van der Waals surface area contributed by atoms with Gasteiger partial charge in [-0.2, -0.15) is 4.72 Å². The number of hydrogen-bond donors (Lipinski definition) is 3. The highest BCUT2D eigenvalue weighted by atomic mass is 32.2. The molecule has 3 amide bonds. The van der Waals surface area contributed by atoms with Crippen LogP contribution in [0.3, 0.4) is 0 Å². The molecule has 1 unspecified atom stereocenters. The molecule has 2 aromatic rings. The van der Waals surface area contributed by atoms with Crippen LogP contribution >= 0.6 is 0 Å². The van der Waals surface area contributed by atoms with E-state index in [1.807, 2.05) is 5.32 Å². The van der Waals surface area contributed by atoms with Crippen molar-refractivity contribution in [3.05, 3.63) is 42.5 Å². The number of sulfonamides is 1. The number of anilines is 1. The Morgan fingerprint density at radius 2 is 1.71 bits per heavy atom. The molecule has 0 radical (unpaired) electrons. The van der Waals surface area contributed by atoms with Gasteiger partial charge in [-0.3, -0.25) is 14.9 Å². The van der Waals surface area contributed by atoms with E-state index >= 15 is 0 Å². The predicted octanol–water partition coefficient (Wildman–Crippen LogP) is 1.02. The number of urea groups is 1. The van der Waals surface area contributed by atoms with Crippen molar-refractivity contribution in [1.29, 1.82) is 0 Å². The molecule has 1 heterocycles. The van der Waals surface area contributed by atoms with Crippen LogP contribution in [-0.4, -0.2) is 59.3 Å². The number of amides is 3. The smallest absolute Gasteiger partial charge is 0.325 e. The van der Waals surface area contributed by atoms with Gasteiger partial charge in [0.15, 0.2) is 18.1 Å². The van der Waals surface area contributed by atoms with E-state index in [1.54, 1.807) is 12.1 Å². The highest BCUT2D eigenvalue weighted by Crippen LogP contribution is 2.32. The molecule has 2 aromatic carbocycles. The molecule has 0 aliphatic carbocycles. The quantitative estimate of drug-likeness (QED) is 0.457. The van der Waals surface area contributed by atoms with Crippen LogP contribution in [0.4, 0.5) is 10.5 Å². The molecule has 0 spiro atoms. The van der Waals surface area contributed by atoms with Crippen molar-refractivity contribution >= 4 is 33.6 Å². The van der Waals surface area contributed by atoms with Crippen LogP contribution in [0.1, 0.15) is 6.92 Å². The molecule has 34 heavy (non-hydrogen) atoms. The Hall–Kier alpha value is -3.84. The number of ether oxygens (including phenoxy) is 4. The van der Waals surface area contributed by atoms with Gasteiger partial charge in [0.25, 0.3) is 5.91 Å². The minimum Gasteiger partial charge on any atom is -0.497 e. The Bertz CT molecular complexity index is 1170. The van der Waals surface area contributed by atoms with Crippen molar-refractivity contribution in [1.82, 2.24) is 10.0 Å². The van der Waals surface area contributed by atoms with E-state index < -0.39 is 40.6 Å². The van der Waals surface area contributed by atoms with Gasteiger partial charge in [0.05, 0.1) is 12.0 Å². The van der Waals surface area contributed by atoms with Gasteiger partial charge in [0, 0.05) is 11.8 Å². The number of hydrogen-bond acceptors (Lipinski definition) is 9. The van der Waals surface area contributed by atoms with Crippen LogP contribution in [0, 0.1) is 0 Å². The van der Waals surface area contributed by atoms with E-state index in [-0.39, 0.29) is 4.90 Å². The first-order valence-electron chi connectivity index (χ1n) is 10.0. The number of rotatable bonds is 8. The lowest BCUT2D eigenvalue weighted by atomic mass is 10.2. The Balaban J connectivity index is 1.45. The van der Waals surface area contributed by atoms with Crippen molar-refractivity contribution in [3.8, 4) is 17.2 Å². The highest BCUT2D eigenvalue weighted by Gasteiger charge is 2.24. The normalized spacial score (nSPS) is 13.4. The van der Waals surface area contributed by atoms with Crippen LogP contribution < -0.4 is 29.6 Å². The van der Waals surface area contributed by atoms with Crippen molar-refractivity contribution in [2.75, 3.05) is 32.2 Å². The van der Waals surface area contributed by atoms with Gasteiger partial charge in [0.1, 0.15) is 25.0 Å². The highest BCUT2D eigenvalue weighted by molar-refractivity contribution is 7.89. The molecule has 0 saturated carbocycles. The molecule has 0 aromatic heterocycles. The molecule has 1 aliphatic heterocycles. The van der Waals surface area contributed by atoms with Gasteiger partial charge in [-0.05, 0) is 43.3 Å². The van der Waals surface area contributed by atoms with Gasteiger partial charge in [-0.1, -0.05) is 0 Å². The molecular formula is C21H23N3O9S. The van der Waals surface area contributed by atoms with Crippen molar-refractivity contribution in [2.45, 2.75) is 17.9 Å². The van der Waals surface area contributed by atoms with Gasteiger partial charge >= 0.3 is 12.0 Å². The minimum absolute atomic E-state index is 0.0819. The third-order valence-electron chi connectivity index (χ3n) is 4.45. The average Bonchev–Trinajstić information content (AvgIpc) is 2.82. The molecule has 0 fully saturated rings. The van der Waals surface area contributed by atoms with Gasteiger partial charge < -0.3 is 24.3 Å². The maximum atomic E-state index is 12.4. The van der Waals surface area contributed by atoms with E-state index in [0.717, 1.165) is 0 Å². The van der Waals surface area contributed by atoms with Crippen LogP contribution in [0.5, 0.6) is 17.2 Å². The van der Waals surface area contributed by atoms with Crippen molar-refractivity contribution < 1.29 is 41.7 Å². The summed E-state index contributed by atoms with van der Waals surface area (Å²) in [5.41, 5.74) is 0.355. The van der Waals surface area contributed by atoms with Crippen LogP contribution in [-0.2, 0) is 24.3 Å². The summed E-state index contributed by atoms with van der Waals surface area (Å²) in [4.78, 5) is 35.9. The Kier molecular flexibility index (Phi) is 7.91. The molecular weight excluding hydrogens is 470 g/mol. The summed E-state index contributed by atoms with van der Waals surface area (Å²) in [5, 5.41) is 4.44. The second-order valence-electron chi connectivity index (χ2n) is 6.99. The summed E-state index contributed by atoms with van der Waals surface area (Å²) in [6.07, 6.45) is 0. The predicted molar refractivity (Wildman–Crippen MR) is 118 cm³/mol. The number of methoxy groups -OCH3 is 1.